The molecule has 140 valence electrons. The maximum atomic E-state index is 10.1. The van der Waals surface area contributed by atoms with Gasteiger partial charge in [-0.2, -0.15) is 0 Å². The fourth-order valence-electron chi connectivity index (χ4n) is 3.54. The minimum Gasteiger partial charge on any atom is -0.497 e. The van der Waals surface area contributed by atoms with E-state index >= 15 is 0 Å². The van der Waals surface area contributed by atoms with Gasteiger partial charge in [0.15, 0.2) is 5.16 Å². The average Bonchev–Trinajstić information content (AvgIpc) is 2.71. The molecule has 5 nitrogen and oxygen atoms in total. The predicted molar refractivity (Wildman–Crippen MR) is 105 cm³/mol. The molecule has 1 saturated heterocycles. The molecule has 0 spiro atoms. The number of aromatic nitrogens is 2. The van der Waals surface area contributed by atoms with Crippen molar-refractivity contribution in [2.75, 3.05) is 33.1 Å². The normalized spacial score (nSPS) is 17.2. The molecule has 0 saturated carbocycles. The Bertz CT molecular complexity index is 683. The van der Waals surface area contributed by atoms with Crippen molar-refractivity contribution in [3.05, 3.63) is 47.8 Å². The molecule has 1 aromatic heterocycles. The number of thioether (sulfide) groups is 1. The molecular weight excluding hydrogens is 346 g/mol. The van der Waals surface area contributed by atoms with E-state index in [9.17, 15) is 5.11 Å². The molecule has 1 N–H and O–H groups in total. The Balaban J connectivity index is 1.57. The highest BCUT2D eigenvalue weighted by Crippen LogP contribution is 2.35. The van der Waals surface area contributed by atoms with Crippen LogP contribution in [0.25, 0.3) is 0 Å². The van der Waals surface area contributed by atoms with Gasteiger partial charge in [-0.05, 0) is 61.7 Å². The molecule has 3 rings (SSSR count). The number of hydrogen-bond acceptors (Lipinski definition) is 6. The number of likely N-dealkylation sites (tertiary alicyclic amines) is 1. The lowest BCUT2D eigenvalue weighted by molar-refractivity contribution is 0.0413. The zero-order valence-corrected chi connectivity index (χ0v) is 16.3. The van der Waals surface area contributed by atoms with Crippen LogP contribution in [0.5, 0.6) is 5.75 Å². The Labute approximate surface area is 159 Å². The van der Waals surface area contributed by atoms with Crippen LogP contribution in [0.2, 0.25) is 0 Å². The first-order valence-electron chi connectivity index (χ1n) is 8.97. The Morgan fingerprint density at radius 1 is 1.12 bits per heavy atom. The molecular formula is C20H27N3O2S. The molecule has 1 aliphatic rings. The lowest BCUT2D eigenvalue weighted by Gasteiger charge is -2.41. The smallest absolute Gasteiger partial charge is 0.187 e. The SMILES string of the molecule is COc1ccc(CC2(CO)CCN(Cc3cnc(SC)nc3)CC2)cc1. The molecule has 1 aromatic carbocycles. The Morgan fingerprint density at radius 3 is 2.31 bits per heavy atom. The number of aliphatic hydroxyl groups is 1. The fourth-order valence-corrected chi connectivity index (χ4v) is 3.86. The molecule has 0 bridgehead atoms. The van der Waals surface area contributed by atoms with Crippen LogP contribution in [-0.4, -0.2) is 53.0 Å². The Hall–Kier alpha value is -1.63. The highest BCUT2D eigenvalue weighted by molar-refractivity contribution is 7.98. The van der Waals surface area contributed by atoms with Gasteiger partial charge in [0.1, 0.15) is 5.75 Å². The number of ether oxygens (including phenoxy) is 1. The van der Waals surface area contributed by atoms with Crippen LogP contribution in [0, 0.1) is 5.41 Å². The fraction of sp³-hybridized carbons (Fsp3) is 0.500. The van der Waals surface area contributed by atoms with Gasteiger partial charge in [0.25, 0.3) is 0 Å². The summed E-state index contributed by atoms with van der Waals surface area (Å²) in [5, 5.41) is 10.9. The number of methoxy groups -OCH3 is 1. The highest BCUT2D eigenvalue weighted by atomic mass is 32.2. The topological polar surface area (TPSA) is 58.5 Å². The van der Waals surface area contributed by atoms with E-state index in [-0.39, 0.29) is 12.0 Å². The van der Waals surface area contributed by atoms with Gasteiger partial charge >= 0.3 is 0 Å². The summed E-state index contributed by atoms with van der Waals surface area (Å²) < 4.78 is 5.23. The van der Waals surface area contributed by atoms with Crippen molar-refractivity contribution in [3.63, 3.8) is 0 Å². The zero-order chi connectivity index (χ0) is 18.4. The van der Waals surface area contributed by atoms with Crippen molar-refractivity contribution in [3.8, 4) is 5.75 Å². The van der Waals surface area contributed by atoms with Crippen molar-refractivity contribution in [2.24, 2.45) is 5.41 Å². The van der Waals surface area contributed by atoms with Crippen molar-refractivity contribution in [1.82, 2.24) is 14.9 Å². The van der Waals surface area contributed by atoms with Crippen LogP contribution in [0.1, 0.15) is 24.0 Å². The van der Waals surface area contributed by atoms with Gasteiger partial charge in [-0.3, -0.25) is 4.90 Å². The summed E-state index contributed by atoms with van der Waals surface area (Å²) in [4.78, 5) is 11.1. The maximum Gasteiger partial charge on any atom is 0.187 e. The van der Waals surface area contributed by atoms with Crippen LogP contribution in [0.15, 0.2) is 41.8 Å². The lowest BCUT2D eigenvalue weighted by Crippen LogP contribution is -2.42. The molecule has 0 unspecified atom stereocenters. The summed E-state index contributed by atoms with van der Waals surface area (Å²) in [7, 11) is 1.68. The van der Waals surface area contributed by atoms with Crippen LogP contribution in [-0.2, 0) is 13.0 Å². The Kier molecular flexibility index (Phi) is 6.51. The standard InChI is InChI=1S/C20H27N3O2S/c1-25-18-5-3-16(4-6-18)11-20(15-24)7-9-23(10-8-20)14-17-12-21-19(26-2)22-13-17/h3-6,12-13,24H,7-11,14-15H2,1-2H3. The van der Waals surface area contributed by atoms with Crippen LogP contribution in [0.4, 0.5) is 0 Å². The van der Waals surface area contributed by atoms with Crippen molar-refractivity contribution in [2.45, 2.75) is 31.0 Å². The van der Waals surface area contributed by atoms with Crippen molar-refractivity contribution < 1.29 is 9.84 Å². The summed E-state index contributed by atoms with van der Waals surface area (Å²) in [6.45, 7) is 3.08. The van der Waals surface area contributed by atoms with Crippen LogP contribution < -0.4 is 4.74 Å². The van der Waals surface area contributed by atoms with Gasteiger partial charge < -0.3 is 9.84 Å². The van der Waals surface area contributed by atoms with E-state index in [0.717, 1.165) is 55.4 Å². The van der Waals surface area contributed by atoms with Crippen molar-refractivity contribution >= 4 is 11.8 Å². The predicted octanol–water partition coefficient (Wildman–Crippen LogP) is 3.02. The third-order valence-electron chi connectivity index (χ3n) is 5.26. The first-order chi connectivity index (χ1) is 12.7. The van der Waals surface area contributed by atoms with Gasteiger partial charge in [-0.15, -0.1) is 0 Å². The molecule has 0 atom stereocenters. The average molecular weight is 374 g/mol. The molecule has 1 fully saturated rings. The minimum absolute atomic E-state index is 0.0235. The van der Waals surface area contributed by atoms with E-state index in [2.05, 4.69) is 27.0 Å². The van der Waals surface area contributed by atoms with Gasteiger partial charge in [-0.1, -0.05) is 23.9 Å². The number of aliphatic hydroxyl groups excluding tert-OH is 1. The molecule has 2 heterocycles. The summed E-state index contributed by atoms with van der Waals surface area (Å²) >= 11 is 1.56. The Morgan fingerprint density at radius 2 is 1.77 bits per heavy atom. The number of rotatable bonds is 7. The molecule has 0 radical (unpaired) electrons. The maximum absolute atomic E-state index is 10.1. The number of hydrogen-bond donors (Lipinski definition) is 1. The van der Waals surface area contributed by atoms with Gasteiger partial charge in [0, 0.05) is 31.1 Å². The molecule has 26 heavy (non-hydrogen) atoms. The molecule has 0 amide bonds. The van der Waals surface area contributed by atoms with E-state index in [1.807, 2.05) is 30.8 Å². The second-order valence-corrected chi connectivity index (χ2v) is 7.81. The molecule has 1 aliphatic heterocycles. The van der Waals surface area contributed by atoms with E-state index in [1.165, 1.54) is 5.56 Å². The van der Waals surface area contributed by atoms with Gasteiger partial charge in [0.2, 0.25) is 0 Å². The van der Waals surface area contributed by atoms with E-state index in [4.69, 9.17) is 4.74 Å². The number of nitrogens with zero attached hydrogens (tertiary/aromatic N) is 3. The highest BCUT2D eigenvalue weighted by Gasteiger charge is 2.34. The molecule has 0 aliphatic carbocycles. The summed E-state index contributed by atoms with van der Waals surface area (Å²) in [5.41, 5.74) is 2.38. The van der Waals surface area contributed by atoms with E-state index in [0.29, 0.717) is 0 Å². The number of benzene rings is 1. The van der Waals surface area contributed by atoms with Crippen LogP contribution in [0.3, 0.4) is 0 Å². The molecule has 2 aromatic rings. The summed E-state index contributed by atoms with van der Waals surface area (Å²) in [6.07, 6.45) is 8.73. The van der Waals surface area contributed by atoms with E-state index in [1.54, 1.807) is 18.9 Å². The van der Waals surface area contributed by atoms with Crippen LogP contribution >= 0.6 is 11.8 Å². The molecule has 6 heteroatoms. The first-order valence-corrected chi connectivity index (χ1v) is 10.2. The first kappa shape index (κ1) is 19.1. The monoisotopic (exact) mass is 373 g/mol. The largest absolute Gasteiger partial charge is 0.497 e. The number of piperidine rings is 1. The minimum atomic E-state index is -0.0235. The second-order valence-electron chi connectivity index (χ2n) is 7.04. The van der Waals surface area contributed by atoms with Gasteiger partial charge in [0.05, 0.1) is 7.11 Å². The summed E-state index contributed by atoms with van der Waals surface area (Å²) in [6, 6.07) is 8.20. The van der Waals surface area contributed by atoms with E-state index < -0.39 is 0 Å². The third-order valence-corrected chi connectivity index (χ3v) is 5.84. The zero-order valence-electron chi connectivity index (χ0n) is 15.5. The van der Waals surface area contributed by atoms with Crippen molar-refractivity contribution in [1.29, 1.82) is 0 Å². The quantitative estimate of drug-likeness (QED) is 0.595. The van der Waals surface area contributed by atoms with Gasteiger partial charge in [-0.25, -0.2) is 9.97 Å². The second kappa shape index (κ2) is 8.84. The lowest BCUT2D eigenvalue weighted by atomic mass is 9.74. The summed E-state index contributed by atoms with van der Waals surface area (Å²) in [5.74, 6) is 0.872. The third kappa shape index (κ3) is 4.75.